The van der Waals surface area contributed by atoms with E-state index in [9.17, 15) is 0 Å². The second-order valence-electron chi connectivity index (χ2n) is 5.93. The Morgan fingerprint density at radius 1 is 1.28 bits per heavy atom. The SMILES string of the molecule is CCCC1CCC(CN)(NN2CCOCC2)CC1. The molecule has 106 valence electrons. The van der Waals surface area contributed by atoms with Crippen LogP contribution in [0.5, 0.6) is 0 Å². The Labute approximate surface area is 111 Å². The summed E-state index contributed by atoms with van der Waals surface area (Å²) in [6.07, 6.45) is 7.83. The molecule has 0 unspecified atom stereocenters. The molecule has 0 aromatic heterocycles. The van der Waals surface area contributed by atoms with Crippen LogP contribution >= 0.6 is 0 Å². The Morgan fingerprint density at radius 3 is 2.50 bits per heavy atom. The lowest BCUT2D eigenvalue weighted by atomic mass is 9.75. The lowest BCUT2D eigenvalue weighted by Crippen LogP contribution is -2.61. The second-order valence-corrected chi connectivity index (χ2v) is 5.93. The van der Waals surface area contributed by atoms with E-state index >= 15 is 0 Å². The van der Waals surface area contributed by atoms with Crippen LogP contribution in [0.4, 0.5) is 0 Å². The van der Waals surface area contributed by atoms with E-state index in [1.807, 2.05) is 0 Å². The Hall–Kier alpha value is -0.160. The van der Waals surface area contributed by atoms with Gasteiger partial charge in [-0.1, -0.05) is 19.8 Å². The number of rotatable bonds is 5. The molecule has 0 bridgehead atoms. The fourth-order valence-electron chi connectivity index (χ4n) is 3.30. The van der Waals surface area contributed by atoms with Crippen molar-refractivity contribution < 1.29 is 4.74 Å². The van der Waals surface area contributed by atoms with Crippen LogP contribution in [0.15, 0.2) is 0 Å². The summed E-state index contributed by atoms with van der Waals surface area (Å²) in [4.78, 5) is 0. The first-order valence-corrected chi connectivity index (χ1v) is 7.58. The van der Waals surface area contributed by atoms with Gasteiger partial charge in [-0.05, 0) is 31.6 Å². The molecular formula is C14H29N3O. The van der Waals surface area contributed by atoms with E-state index in [0.29, 0.717) is 0 Å². The summed E-state index contributed by atoms with van der Waals surface area (Å²) in [5.41, 5.74) is 9.92. The Balaban J connectivity index is 1.83. The Morgan fingerprint density at radius 2 is 1.94 bits per heavy atom. The smallest absolute Gasteiger partial charge is 0.0608 e. The first-order valence-electron chi connectivity index (χ1n) is 7.58. The van der Waals surface area contributed by atoms with E-state index in [1.165, 1.54) is 38.5 Å². The van der Waals surface area contributed by atoms with Gasteiger partial charge in [0.25, 0.3) is 0 Å². The Bertz CT molecular complexity index is 233. The van der Waals surface area contributed by atoms with Crippen LogP contribution in [-0.2, 0) is 4.74 Å². The van der Waals surface area contributed by atoms with E-state index in [-0.39, 0.29) is 5.54 Å². The molecule has 0 amide bonds. The van der Waals surface area contributed by atoms with Crippen LogP contribution in [0.1, 0.15) is 45.4 Å². The van der Waals surface area contributed by atoms with Gasteiger partial charge < -0.3 is 10.5 Å². The van der Waals surface area contributed by atoms with E-state index in [2.05, 4.69) is 17.4 Å². The van der Waals surface area contributed by atoms with Crippen molar-refractivity contribution in [1.82, 2.24) is 10.4 Å². The highest BCUT2D eigenvalue weighted by molar-refractivity contribution is 4.93. The molecule has 1 heterocycles. The van der Waals surface area contributed by atoms with Crippen molar-refractivity contribution in [2.45, 2.75) is 51.0 Å². The number of nitrogens with two attached hydrogens (primary N) is 1. The van der Waals surface area contributed by atoms with Crippen molar-refractivity contribution in [1.29, 1.82) is 0 Å². The van der Waals surface area contributed by atoms with Gasteiger partial charge in [0.1, 0.15) is 0 Å². The van der Waals surface area contributed by atoms with Crippen LogP contribution in [0.25, 0.3) is 0 Å². The monoisotopic (exact) mass is 255 g/mol. The normalized spacial score (nSPS) is 34.7. The molecule has 0 spiro atoms. The van der Waals surface area contributed by atoms with Crippen LogP contribution in [0, 0.1) is 5.92 Å². The average Bonchev–Trinajstić information content (AvgIpc) is 2.43. The average molecular weight is 255 g/mol. The summed E-state index contributed by atoms with van der Waals surface area (Å²) in [6, 6.07) is 0. The van der Waals surface area contributed by atoms with Crippen molar-refractivity contribution >= 4 is 0 Å². The molecule has 0 aromatic carbocycles. The van der Waals surface area contributed by atoms with Crippen LogP contribution < -0.4 is 11.2 Å². The fraction of sp³-hybridized carbons (Fsp3) is 1.00. The van der Waals surface area contributed by atoms with Gasteiger partial charge in [-0.25, -0.2) is 10.4 Å². The molecule has 0 aromatic rings. The van der Waals surface area contributed by atoms with Crippen molar-refractivity contribution in [2.75, 3.05) is 32.8 Å². The van der Waals surface area contributed by atoms with Crippen molar-refractivity contribution in [2.24, 2.45) is 11.7 Å². The molecule has 18 heavy (non-hydrogen) atoms. The molecule has 1 saturated carbocycles. The minimum absolute atomic E-state index is 0.154. The van der Waals surface area contributed by atoms with E-state index in [0.717, 1.165) is 38.8 Å². The lowest BCUT2D eigenvalue weighted by molar-refractivity contribution is -0.0215. The van der Waals surface area contributed by atoms with Crippen molar-refractivity contribution in [3.05, 3.63) is 0 Å². The molecule has 1 aliphatic heterocycles. The third kappa shape index (κ3) is 3.67. The van der Waals surface area contributed by atoms with E-state index in [1.54, 1.807) is 0 Å². The molecule has 0 radical (unpaired) electrons. The number of hydrazine groups is 1. The number of ether oxygens (including phenoxy) is 1. The van der Waals surface area contributed by atoms with Gasteiger partial charge in [0.15, 0.2) is 0 Å². The van der Waals surface area contributed by atoms with Gasteiger partial charge in [0.2, 0.25) is 0 Å². The molecule has 1 aliphatic carbocycles. The molecular weight excluding hydrogens is 226 g/mol. The Kier molecular flexibility index (Phi) is 5.42. The molecule has 3 N–H and O–H groups in total. The van der Waals surface area contributed by atoms with Gasteiger partial charge in [0.05, 0.1) is 13.2 Å². The first-order chi connectivity index (χ1) is 8.78. The standard InChI is InChI=1S/C14H29N3O/c1-2-3-13-4-6-14(12-15,7-5-13)16-17-8-10-18-11-9-17/h13,16H,2-12,15H2,1H3. The van der Waals surface area contributed by atoms with E-state index < -0.39 is 0 Å². The van der Waals surface area contributed by atoms with Gasteiger partial charge in [-0.3, -0.25) is 0 Å². The summed E-state index contributed by atoms with van der Waals surface area (Å²) in [5.74, 6) is 0.932. The van der Waals surface area contributed by atoms with Gasteiger partial charge in [-0.15, -0.1) is 0 Å². The zero-order valence-corrected chi connectivity index (χ0v) is 11.8. The molecule has 1 saturated heterocycles. The van der Waals surface area contributed by atoms with Gasteiger partial charge in [-0.2, -0.15) is 0 Å². The number of hydrogen-bond acceptors (Lipinski definition) is 4. The zero-order chi connectivity index (χ0) is 12.8. The highest BCUT2D eigenvalue weighted by Crippen LogP contribution is 2.34. The summed E-state index contributed by atoms with van der Waals surface area (Å²) in [5, 5.41) is 2.32. The highest BCUT2D eigenvalue weighted by Gasteiger charge is 2.35. The maximum absolute atomic E-state index is 6.05. The predicted octanol–water partition coefficient (Wildman–Crippen LogP) is 1.51. The van der Waals surface area contributed by atoms with Gasteiger partial charge in [0, 0.05) is 25.2 Å². The highest BCUT2D eigenvalue weighted by atomic mass is 16.5. The quantitative estimate of drug-likeness (QED) is 0.782. The minimum Gasteiger partial charge on any atom is -0.379 e. The third-order valence-electron chi connectivity index (χ3n) is 4.56. The number of morpholine rings is 1. The van der Waals surface area contributed by atoms with Gasteiger partial charge >= 0.3 is 0 Å². The van der Waals surface area contributed by atoms with Crippen molar-refractivity contribution in [3.63, 3.8) is 0 Å². The summed E-state index contributed by atoms with van der Waals surface area (Å²) in [7, 11) is 0. The molecule has 0 atom stereocenters. The summed E-state index contributed by atoms with van der Waals surface area (Å²) < 4.78 is 5.39. The second kappa shape index (κ2) is 6.85. The van der Waals surface area contributed by atoms with Crippen LogP contribution in [0.2, 0.25) is 0 Å². The molecule has 2 rings (SSSR count). The largest absolute Gasteiger partial charge is 0.379 e. The number of hydrogen-bond donors (Lipinski definition) is 2. The lowest BCUT2D eigenvalue weighted by Gasteiger charge is -2.44. The molecule has 4 nitrogen and oxygen atoms in total. The molecule has 4 heteroatoms. The molecule has 2 fully saturated rings. The number of nitrogens with zero attached hydrogens (tertiary/aromatic N) is 1. The topological polar surface area (TPSA) is 50.5 Å². The fourth-order valence-corrected chi connectivity index (χ4v) is 3.30. The van der Waals surface area contributed by atoms with Crippen molar-refractivity contribution in [3.8, 4) is 0 Å². The van der Waals surface area contributed by atoms with Crippen LogP contribution in [0.3, 0.4) is 0 Å². The third-order valence-corrected chi connectivity index (χ3v) is 4.56. The first kappa shape index (κ1) is 14.3. The molecule has 2 aliphatic rings. The van der Waals surface area contributed by atoms with E-state index in [4.69, 9.17) is 10.5 Å². The maximum atomic E-state index is 6.05. The predicted molar refractivity (Wildman–Crippen MR) is 74.2 cm³/mol. The number of nitrogens with one attached hydrogen (secondary N) is 1. The maximum Gasteiger partial charge on any atom is 0.0608 e. The minimum atomic E-state index is 0.154. The zero-order valence-electron chi connectivity index (χ0n) is 11.8. The summed E-state index contributed by atoms with van der Waals surface area (Å²) in [6.45, 7) is 6.69. The van der Waals surface area contributed by atoms with Crippen LogP contribution in [-0.4, -0.2) is 43.4 Å². The summed E-state index contributed by atoms with van der Waals surface area (Å²) >= 11 is 0.